The molecule has 0 unspecified atom stereocenters. The number of nitrogens with two attached hydrogens (primary N) is 2. The maximum Gasteiger partial charge on any atom is 0.265 e. The summed E-state index contributed by atoms with van der Waals surface area (Å²) in [5, 5.41) is 5.06. The molecule has 0 atom stereocenters. The summed E-state index contributed by atoms with van der Waals surface area (Å²) in [6, 6.07) is 1.62. The Morgan fingerprint density at radius 1 is 1.45 bits per heavy atom. The molecule has 0 bridgehead atoms. The monoisotopic (exact) mass is 321 g/mol. The number of aromatic nitrogens is 2. The van der Waals surface area contributed by atoms with Crippen molar-refractivity contribution in [2.45, 2.75) is 32.2 Å². The van der Waals surface area contributed by atoms with Crippen LogP contribution < -0.4 is 16.8 Å². The average molecular weight is 321 g/mol. The van der Waals surface area contributed by atoms with Gasteiger partial charge in [0.15, 0.2) is 5.13 Å². The van der Waals surface area contributed by atoms with Crippen LogP contribution in [0.25, 0.3) is 11.3 Å². The van der Waals surface area contributed by atoms with Gasteiger partial charge in [-0.25, -0.2) is 4.98 Å². The van der Waals surface area contributed by atoms with Crippen LogP contribution in [0, 0.1) is 0 Å². The summed E-state index contributed by atoms with van der Waals surface area (Å²) in [4.78, 5) is 30.0. The average Bonchev–Trinajstić information content (AvgIpc) is 3.03. The molecule has 2 amide bonds. The SMILES string of the molecule is CC(C)(N)CCC(=O)Nc1nc(-c2c[nH]c(C(N)=O)c2)cs1. The summed E-state index contributed by atoms with van der Waals surface area (Å²) in [7, 11) is 0. The molecule has 0 aliphatic heterocycles. The third kappa shape index (κ3) is 4.40. The first-order chi connectivity index (χ1) is 10.2. The summed E-state index contributed by atoms with van der Waals surface area (Å²) >= 11 is 1.32. The lowest BCUT2D eigenvalue weighted by atomic mass is 10.00. The van der Waals surface area contributed by atoms with E-state index in [-0.39, 0.29) is 11.4 Å². The Labute approximate surface area is 132 Å². The van der Waals surface area contributed by atoms with Gasteiger partial charge in [0.1, 0.15) is 5.69 Å². The van der Waals surface area contributed by atoms with Crippen LogP contribution in [0.2, 0.25) is 0 Å². The van der Waals surface area contributed by atoms with Crippen LogP contribution in [0.15, 0.2) is 17.6 Å². The van der Waals surface area contributed by atoms with Gasteiger partial charge in [-0.05, 0) is 26.3 Å². The third-order valence-corrected chi connectivity index (χ3v) is 3.75. The summed E-state index contributed by atoms with van der Waals surface area (Å²) in [6.07, 6.45) is 2.59. The molecule has 22 heavy (non-hydrogen) atoms. The molecule has 6 N–H and O–H groups in total. The van der Waals surface area contributed by atoms with Crippen molar-refractivity contribution < 1.29 is 9.59 Å². The number of primary amides is 1. The van der Waals surface area contributed by atoms with E-state index >= 15 is 0 Å². The fourth-order valence-corrected chi connectivity index (χ4v) is 2.50. The zero-order chi connectivity index (χ0) is 16.3. The van der Waals surface area contributed by atoms with E-state index in [0.29, 0.717) is 29.4 Å². The van der Waals surface area contributed by atoms with Crippen LogP contribution in [0.4, 0.5) is 5.13 Å². The number of carbonyl (C=O) groups excluding carboxylic acids is 2. The molecule has 0 aromatic carbocycles. The molecule has 0 saturated heterocycles. The van der Waals surface area contributed by atoms with Gasteiger partial charge in [0.25, 0.3) is 5.91 Å². The molecule has 2 heterocycles. The number of anilines is 1. The number of hydrogen-bond donors (Lipinski definition) is 4. The standard InChI is InChI=1S/C14H19N5O2S/c1-14(2,16)4-3-11(20)19-13-18-10(7-22-13)8-5-9(12(15)21)17-6-8/h5-7,17H,3-4,16H2,1-2H3,(H2,15,21)(H,18,19,20). The van der Waals surface area contributed by atoms with Crippen molar-refractivity contribution in [3.8, 4) is 11.3 Å². The summed E-state index contributed by atoms with van der Waals surface area (Å²) < 4.78 is 0. The summed E-state index contributed by atoms with van der Waals surface area (Å²) in [6.45, 7) is 3.76. The smallest absolute Gasteiger partial charge is 0.265 e. The lowest BCUT2D eigenvalue weighted by Gasteiger charge is -2.17. The Morgan fingerprint density at radius 3 is 2.77 bits per heavy atom. The second-order valence-corrected chi connectivity index (χ2v) is 6.60. The lowest BCUT2D eigenvalue weighted by molar-refractivity contribution is -0.116. The zero-order valence-corrected chi connectivity index (χ0v) is 13.3. The highest BCUT2D eigenvalue weighted by Gasteiger charge is 2.15. The number of rotatable bonds is 6. The quantitative estimate of drug-likeness (QED) is 0.645. The van der Waals surface area contributed by atoms with Gasteiger partial charge >= 0.3 is 0 Å². The fraction of sp³-hybridized carbons (Fsp3) is 0.357. The van der Waals surface area contributed by atoms with Crippen molar-refractivity contribution in [1.82, 2.24) is 9.97 Å². The van der Waals surface area contributed by atoms with E-state index in [1.54, 1.807) is 17.6 Å². The van der Waals surface area contributed by atoms with Crippen molar-refractivity contribution >= 4 is 28.3 Å². The molecular weight excluding hydrogens is 302 g/mol. The van der Waals surface area contributed by atoms with Gasteiger partial charge in [0, 0.05) is 29.1 Å². The first kappa shape index (κ1) is 16.2. The molecule has 118 valence electrons. The molecule has 0 aliphatic carbocycles. The van der Waals surface area contributed by atoms with Gasteiger partial charge in [-0.3, -0.25) is 9.59 Å². The summed E-state index contributed by atoms with van der Waals surface area (Å²) in [5.74, 6) is -0.647. The van der Waals surface area contributed by atoms with Crippen molar-refractivity contribution in [3.05, 3.63) is 23.3 Å². The van der Waals surface area contributed by atoms with Gasteiger partial charge in [-0.2, -0.15) is 0 Å². The largest absolute Gasteiger partial charge is 0.364 e. The number of nitrogens with zero attached hydrogens (tertiary/aromatic N) is 1. The molecule has 8 heteroatoms. The van der Waals surface area contributed by atoms with Crippen LogP contribution in [0.1, 0.15) is 37.2 Å². The first-order valence-electron chi connectivity index (χ1n) is 6.77. The van der Waals surface area contributed by atoms with Crippen molar-refractivity contribution in [2.75, 3.05) is 5.32 Å². The van der Waals surface area contributed by atoms with E-state index in [4.69, 9.17) is 11.5 Å². The normalized spacial score (nSPS) is 11.4. The predicted octanol–water partition coefficient (Wildman–Crippen LogP) is 1.69. The second-order valence-electron chi connectivity index (χ2n) is 5.74. The Hall–Kier alpha value is -2.19. The number of carbonyl (C=O) groups is 2. The molecule has 2 rings (SSSR count). The topological polar surface area (TPSA) is 127 Å². The highest BCUT2D eigenvalue weighted by Crippen LogP contribution is 2.25. The first-order valence-corrected chi connectivity index (χ1v) is 7.65. The molecular formula is C14H19N5O2S. The van der Waals surface area contributed by atoms with Gasteiger partial charge in [-0.1, -0.05) is 0 Å². The summed E-state index contributed by atoms with van der Waals surface area (Å²) in [5.41, 5.74) is 12.4. The zero-order valence-electron chi connectivity index (χ0n) is 12.5. The van der Waals surface area contributed by atoms with Crippen LogP contribution in [0.5, 0.6) is 0 Å². The minimum absolute atomic E-state index is 0.119. The van der Waals surface area contributed by atoms with Crippen LogP contribution in [-0.4, -0.2) is 27.3 Å². The number of hydrogen-bond acceptors (Lipinski definition) is 5. The van der Waals surface area contributed by atoms with E-state index in [9.17, 15) is 9.59 Å². The molecule has 2 aromatic heterocycles. The number of thiazole rings is 1. The molecule has 0 fully saturated rings. The van der Waals surface area contributed by atoms with E-state index in [1.165, 1.54) is 11.3 Å². The van der Waals surface area contributed by atoms with Gasteiger partial charge in [0.2, 0.25) is 5.91 Å². The molecule has 0 aliphatic rings. The van der Waals surface area contributed by atoms with Gasteiger partial charge in [-0.15, -0.1) is 11.3 Å². The minimum atomic E-state index is -0.528. The fourth-order valence-electron chi connectivity index (χ4n) is 1.77. The van der Waals surface area contributed by atoms with E-state index in [1.807, 2.05) is 13.8 Å². The molecule has 0 radical (unpaired) electrons. The van der Waals surface area contributed by atoms with E-state index in [2.05, 4.69) is 15.3 Å². The minimum Gasteiger partial charge on any atom is -0.364 e. The van der Waals surface area contributed by atoms with Crippen molar-refractivity contribution in [2.24, 2.45) is 11.5 Å². The molecule has 2 aromatic rings. The number of nitrogens with one attached hydrogen (secondary N) is 2. The predicted molar refractivity (Wildman–Crippen MR) is 86.5 cm³/mol. The molecule has 0 spiro atoms. The Kier molecular flexibility index (Phi) is 4.62. The third-order valence-electron chi connectivity index (χ3n) is 2.99. The van der Waals surface area contributed by atoms with Gasteiger partial charge < -0.3 is 21.8 Å². The number of H-pyrrole nitrogens is 1. The molecule has 7 nitrogen and oxygen atoms in total. The number of amides is 2. The highest BCUT2D eigenvalue weighted by molar-refractivity contribution is 7.14. The number of aromatic amines is 1. The van der Waals surface area contributed by atoms with Crippen molar-refractivity contribution in [1.29, 1.82) is 0 Å². The van der Waals surface area contributed by atoms with Gasteiger partial charge in [0.05, 0.1) is 5.69 Å². The van der Waals surface area contributed by atoms with E-state index in [0.717, 1.165) is 5.56 Å². The Bertz CT molecular complexity index is 683. The maximum atomic E-state index is 11.8. The van der Waals surface area contributed by atoms with Crippen LogP contribution in [0.3, 0.4) is 0 Å². The van der Waals surface area contributed by atoms with Crippen LogP contribution >= 0.6 is 11.3 Å². The van der Waals surface area contributed by atoms with E-state index < -0.39 is 5.91 Å². The highest BCUT2D eigenvalue weighted by atomic mass is 32.1. The van der Waals surface area contributed by atoms with Crippen molar-refractivity contribution in [3.63, 3.8) is 0 Å². The lowest BCUT2D eigenvalue weighted by Crippen LogP contribution is -2.33. The Balaban J connectivity index is 1.99. The van der Waals surface area contributed by atoms with Crippen LogP contribution in [-0.2, 0) is 4.79 Å². The molecule has 0 saturated carbocycles. The maximum absolute atomic E-state index is 11.8. The Morgan fingerprint density at radius 2 is 2.18 bits per heavy atom. The second kappa shape index (κ2) is 6.29.